The van der Waals surface area contributed by atoms with Gasteiger partial charge in [0.25, 0.3) is 0 Å². The van der Waals surface area contributed by atoms with Crippen LogP contribution in [0.4, 0.5) is 0 Å². The molecule has 0 aliphatic carbocycles. The first-order valence-corrected chi connectivity index (χ1v) is 10.1. The van der Waals surface area contributed by atoms with Crippen LogP contribution in [0, 0.1) is 17.7 Å². The second-order valence-corrected chi connectivity index (χ2v) is 8.31. The van der Waals surface area contributed by atoms with E-state index in [1.54, 1.807) is 27.7 Å². The summed E-state index contributed by atoms with van der Waals surface area (Å²) in [5.74, 6) is -5.77. The van der Waals surface area contributed by atoms with Crippen molar-refractivity contribution in [1.29, 1.82) is 0 Å². The molecule has 1 saturated heterocycles. The summed E-state index contributed by atoms with van der Waals surface area (Å²) < 4.78 is 111. The zero-order valence-corrected chi connectivity index (χ0v) is 18.1. The number of nitrogens with two attached hydrogens (primary N) is 1. The lowest BCUT2D eigenvalue weighted by Crippen LogP contribution is -2.51. The van der Waals surface area contributed by atoms with E-state index in [0.717, 1.165) is 12.0 Å². The highest BCUT2D eigenvalue weighted by Gasteiger charge is 2.41. The SMILES string of the molecule is [2H]c1c2c(c([2H])c(OC)c1OC([2H])([2H])[2H])C1N(CC2)C([2H])([2H])C([2H])(CC(C)C)C([2H])(OC(=O)[C@@H](N)C(C)C)C1([2H])[2H]. The average Bonchev–Trinajstić information content (AvgIpc) is 2.83. The molecule has 1 aromatic rings. The Kier molecular flexibility index (Phi) is 3.92. The molecule has 30 heavy (non-hydrogen) atoms. The minimum atomic E-state index is -3.18. The summed E-state index contributed by atoms with van der Waals surface area (Å²) in [6.45, 7) is 3.55. The van der Waals surface area contributed by atoms with Crippen LogP contribution in [0.25, 0.3) is 0 Å². The Hall–Kier alpha value is -1.79. The minimum absolute atomic E-state index is 0.00451. The highest BCUT2D eigenvalue weighted by Crippen LogP contribution is 2.44. The van der Waals surface area contributed by atoms with Gasteiger partial charge in [-0.15, -0.1) is 0 Å². The van der Waals surface area contributed by atoms with Crippen molar-refractivity contribution in [3.8, 4) is 11.5 Å². The van der Waals surface area contributed by atoms with Gasteiger partial charge in [0.05, 0.1) is 22.4 Å². The largest absolute Gasteiger partial charge is 0.493 e. The average molecular weight is 430 g/mol. The van der Waals surface area contributed by atoms with Gasteiger partial charge in [-0.2, -0.15) is 0 Å². The molecular weight excluding hydrogens is 380 g/mol. The molecule has 0 amide bonds. The van der Waals surface area contributed by atoms with Crippen molar-refractivity contribution in [3.05, 3.63) is 23.2 Å². The van der Waals surface area contributed by atoms with E-state index in [4.69, 9.17) is 29.5 Å². The molecule has 0 spiro atoms. The molecule has 1 aromatic carbocycles. The van der Waals surface area contributed by atoms with E-state index >= 15 is 0 Å². The number of esters is 1. The number of hydrogen-bond donors (Lipinski definition) is 1. The number of piperidine rings is 1. The Bertz CT molecular complexity index is 1190. The number of methoxy groups -OCH3 is 2. The van der Waals surface area contributed by atoms with E-state index in [0.29, 0.717) is 0 Å². The summed E-state index contributed by atoms with van der Waals surface area (Å²) in [5.41, 5.74) is 5.73. The molecule has 0 bridgehead atoms. The predicted molar refractivity (Wildman–Crippen MR) is 118 cm³/mol. The number of carbonyl (C=O) groups is 1. The maximum Gasteiger partial charge on any atom is 0.323 e. The molecule has 2 heterocycles. The van der Waals surface area contributed by atoms with Crippen LogP contribution in [0.2, 0.25) is 0 Å². The molecular formula is C24H38N2O4. The molecule has 3 unspecified atom stereocenters. The zero-order valence-electron chi connectivity index (χ0n) is 29.1. The molecule has 2 aliphatic rings. The first-order chi connectivity index (χ1) is 18.5. The summed E-state index contributed by atoms with van der Waals surface area (Å²) in [4.78, 5) is 14.2. The van der Waals surface area contributed by atoms with Crippen LogP contribution in [0.3, 0.4) is 0 Å². The number of carbonyl (C=O) groups excluding carboxylic acids is 1. The van der Waals surface area contributed by atoms with Gasteiger partial charge in [-0.05, 0) is 47.9 Å². The number of ether oxygens (including phenoxy) is 3. The molecule has 2 aliphatic heterocycles. The Morgan fingerprint density at radius 1 is 1.37 bits per heavy atom. The van der Waals surface area contributed by atoms with E-state index < -0.39 is 85.4 Å². The summed E-state index contributed by atoms with van der Waals surface area (Å²) in [6, 6.07) is -4.15. The predicted octanol–water partition coefficient (Wildman–Crippen LogP) is 3.56. The van der Waals surface area contributed by atoms with Crippen LogP contribution in [0.1, 0.15) is 72.7 Å². The first-order valence-electron chi connectivity index (χ1n) is 15.6. The van der Waals surface area contributed by atoms with Crippen molar-refractivity contribution in [2.75, 3.05) is 27.2 Å². The van der Waals surface area contributed by atoms with Gasteiger partial charge in [0.2, 0.25) is 0 Å². The number of hydrogen-bond acceptors (Lipinski definition) is 6. The Balaban J connectivity index is 2.39. The van der Waals surface area contributed by atoms with E-state index in [-0.39, 0.29) is 30.5 Å². The van der Waals surface area contributed by atoms with Crippen LogP contribution >= 0.6 is 0 Å². The third kappa shape index (κ3) is 4.75. The number of fused-ring (bicyclic) bond motifs is 3. The minimum Gasteiger partial charge on any atom is -0.493 e. The van der Waals surface area contributed by atoms with Crippen molar-refractivity contribution in [2.45, 2.75) is 65.1 Å². The fourth-order valence-electron chi connectivity index (χ4n) is 3.46. The summed E-state index contributed by atoms with van der Waals surface area (Å²) >= 11 is 0. The van der Waals surface area contributed by atoms with Crippen molar-refractivity contribution < 1.29 is 34.1 Å². The van der Waals surface area contributed by atoms with Crippen LogP contribution in [-0.2, 0) is 16.0 Å². The normalized spacial score (nSPS) is 38.9. The van der Waals surface area contributed by atoms with Crippen LogP contribution in [-0.4, -0.2) is 50.2 Å². The molecule has 6 nitrogen and oxygen atoms in total. The Morgan fingerprint density at radius 2 is 2.10 bits per heavy atom. The van der Waals surface area contributed by atoms with Gasteiger partial charge in [0.15, 0.2) is 11.5 Å². The zero-order chi connectivity index (χ0) is 31.7. The van der Waals surface area contributed by atoms with Crippen molar-refractivity contribution in [2.24, 2.45) is 23.5 Å². The topological polar surface area (TPSA) is 74.0 Å². The third-order valence-corrected chi connectivity index (χ3v) is 5.16. The molecule has 1 fully saturated rings. The quantitative estimate of drug-likeness (QED) is 0.668. The summed E-state index contributed by atoms with van der Waals surface area (Å²) in [6.07, 6.45) is -6.71. The fourth-order valence-corrected chi connectivity index (χ4v) is 3.46. The highest BCUT2D eigenvalue weighted by atomic mass is 16.5. The molecule has 3 rings (SSSR count). The lowest BCUT2D eigenvalue weighted by atomic mass is 9.79. The van der Waals surface area contributed by atoms with Crippen LogP contribution in [0.15, 0.2) is 12.1 Å². The van der Waals surface area contributed by atoms with Crippen molar-refractivity contribution >= 4 is 5.97 Å². The fraction of sp³-hybridized carbons (Fsp3) is 0.708. The maximum atomic E-state index is 13.1. The Labute approximate surface area is 196 Å². The van der Waals surface area contributed by atoms with Crippen molar-refractivity contribution in [3.63, 3.8) is 0 Å². The monoisotopic (exact) mass is 429 g/mol. The van der Waals surface area contributed by atoms with E-state index in [2.05, 4.69) is 0 Å². The van der Waals surface area contributed by atoms with Crippen LogP contribution in [0.5, 0.6) is 11.5 Å². The van der Waals surface area contributed by atoms with E-state index in [1.807, 2.05) is 0 Å². The van der Waals surface area contributed by atoms with Gasteiger partial charge in [-0.1, -0.05) is 27.7 Å². The summed E-state index contributed by atoms with van der Waals surface area (Å²) in [7, 11) is -1.88. The molecule has 2 N–H and O–H groups in total. The van der Waals surface area contributed by atoms with E-state index in [9.17, 15) is 10.3 Å². The van der Waals surface area contributed by atoms with Gasteiger partial charge in [-0.25, -0.2) is 0 Å². The Morgan fingerprint density at radius 3 is 2.73 bits per heavy atom. The molecule has 0 radical (unpaired) electrons. The van der Waals surface area contributed by atoms with Crippen molar-refractivity contribution in [1.82, 2.24) is 4.90 Å². The van der Waals surface area contributed by atoms with E-state index in [1.165, 1.54) is 0 Å². The third-order valence-electron chi connectivity index (χ3n) is 5.16. The lowest BCUT2D eigenvalue weighted by molar-refractivity contribution is -0.160. The van der Waals surface area contributed by atoms with Crippen LogP contribution < -0.4 is 15.2 Å². The van der Waals surface area contributed by atoms with Gasteiger partial charge in [0, 0.05) is 38.2 Å². The second-order valence-electron chi connectivity index (χ2n) is 8.31. The number of rotatable bonds is 7. The van der Waals surface area contributed by atoms with Gasteiger partial charge in [-0.3, -0.25) is 9.69 Å². The molecule has 0 saturated carbocycles. The highest BCUT2D eigenvalue weighted by molar-refractivity contribution is 5.76. The summed E-state index contributed by atoms with van der Waals surface area (Å²) in [5, 5.41) is 0. The second kappa shape index (κ2) is 9.56. The molecule has 6 heteroatoms. The first kappa shape index (κ1) is 12.3. The van der Waals surface area contributed by atoms with Gasteiger partial charge < -0.3 is 19.9 Å². The standard InChI is InChI=1S/C24H38N2O4/c1-14(2)9-17-13-26-8-7-16-10-21(28-5)22(29-6)11-18(16)19(26)12-20(17)30-24(27)23(25)15(3)4/h10-11,14-15,17,19-20,23H,7-9,12-13,25H2,1-6H3/t17?,19?,20?,23-/m0/s1/i5D3,10D,11D,12D2,13D2,17D,20D. The molecule has 0 aromatic heterocycles. The van der Waals surface area contributed by atoms with Gasteiger partial charge >= 0.3 is 5.97 Å². The smallest absolute Gasteiger partial charge is 0.323 e. The molecule has 4 atom stereocenters. The maximum absolute atomic E-state index is 13.1. The van der Waals surface area contributed by atoms with Gasteiger partial charge in [0.1, 0.15) is 12.1 Å². The number of nitrogens with zero attached hydrogens (tertiary/aromatic N) is 1. The molecule has 168 valence electrons. The number of benzene rings is 1. The lowest BCUT2D eigenvalue weighted by Gasteiger charge is -2.47.